The Hall–Kier alpha value is -1.07. The summed E-state index contributed by atoms with van der Waals surface area (Å²) in [6, 6.07) is 3.79. The Morgan fingerprint density at radius 2 is 1.75 bits per heavy atom. The third-order valence-corrected chi connectivity index (χ3v) is 5.89. The average molecular weight is 296 g/mol. The highest BCUT2D eigenvalue weighted by molar-refractivity contribution is 7.89. The molecule has 112 valence electrons. The van der Waals surface area contributed by atoms with Gasteiger partial charge in [0.15, 0.2) is 0 Å². The van der Waals surface area contributed by atoms with Gasteiger partial charge in [0, 0.05) is 17.8 Å². The first kappa shape index (κ1) is 15.3. The minimum Gasteiger partial charge on any atom is -0.385 e. The third-order valence-electron chi connectivity index (χ3n) is 3.95. The predicted octanol–water partition coefficient (Wildman–Crippen LogP) is 2.96. The first-order valence-corrected chi connectivity index (χ1v) is 8.65. The fraction of sp³-hybridized carbons (Fsp3) is 0.600. The molecule has 1 fully saturated rings. The van der Waals surface area contributed by atoms with Crippen LogP contribution >= 0.6 is 0 Å². The van der Waals surface area contributed by atoms with Gasteiger partial charge in [-0.1, -0.05) is 0 Å². The van der Waals surface area contributed by atoms with Crippen molar-refractivity contribution in [2.75, 3.05) is 11.9 Å². The molecule has 4 nitrogen and oxygen atoms in total. The summed E-state index contributed by atoms with van der Waals surface area (Å²) in [4.78, 5) is 0.423. The van der Waals surface area contributed by atoms with Crippen LogP contribution in [0.4, 0.5) is 5.69 Å². The zero-order chi connectivity index (χ0) is 15.0. The molecule has 0 amide bonds. The molecule has 5 heteroatoms. The van der Waals surface area contributed by atoms with Crippen molar-refractivity contribution in [1.29, 1.82) is 0 Å². The SMILES string of the molecule is CCNc1cc(C)c(S(=O)(=O)NC2(C)CCC2)c(C)c1. The molecule has 1 aromatic carbocycles. The van der Waals surface area contributed by atoms with E-state index in [1.165, 1.54) is 0 Å². The van der Waals surface area contributed by atoms with Gasteiger partial charge in [0.1, 0.15) is 0 Å². The van der Waals surface area contributed by atoms with Gasteiger partial charge in [-0.15, -0.1) is 0 Å². The van der Waals surface area contributed by atoms with Crippen molar-refractivity contribution in [2.24, 2.45) is 0 Å². The molecule has 0 aromatic heterocycles. The van der Waals surface area contributed by atoms with Crippen molar-refractivity contribution in [3.63, 3.8) is 0 Å². The molecule has 0 unspecified atom stereocenters. The van der Waals surface area contributed by atoms with Gasteiger partial charge in [-0.05, 0) is 70.2 Å². The van der Waals surface area contributed by atoms with E-state index in [2.05, 4.69) is 10.0 Å². The molecule has 0 heterocycles. The molecular formula is C15H24N2O2S. The van der Waals surface area contributed by atoms with E-state index >= 15 is 0 Å². The van der Waals surface area contributed by atoms with Gasteiger partial charge in [0.25, 0.3) is 0 Å². The van der Waals surface area contributed by atoms with Crippen LogP contribution in [0.25, 0.3) is 0 Å². The van der Waals surface area contributed by atoms with Crippen molar-refractivity contribution >= 4 is 15.7 Å². The molecule has 0 atom stereocenters. The van der Waals surface area contributed by atoms with E-state index in [4.69, 9.17) is 0 Å². The molecule has 1 aromatic rings. The quantitative estimate of drug-likeness (QED) is 0.878. The minimum absolute atomic E-state index is 0.266. The highest BCUT2D eigenvalue weighted by atomic mass is 32.2. The highest BCUT2D eigenvalue weighted by Crippen LogP contribution is 2.34. The predicted molar refractivity (Wildman–Crippen MR) is 82.7 cm³/mol. The lowest BCUT2D eigenvalue weighted by Crippen LogP contribution is -2.50. The van der Waals surface area contributed by atoms with E-state index in [0.717, 1.165) is 42.6 Å². The zero-order valence-corrected chi connectivity index (χ0v) is 13.5. The standard InChI is InChI=1S/C15H24N2O2S/c1-5-16-13-9-11(2)14(12(3)10-13)20(18,19)17-15(4)7-6-8-15/h9-10,16-17H,5-8H2,1-4H3. The lowest BCUT2D eigenvalue weighted by atomic mass is 9.80. The summed E-state index contributed by atoms with van der Waals surface area (Å²) in [6.45, 7) is 8.53. The number of anilines is 1. The summed E-state index contributed by atoms with van der Waals surface area (Å²) < 4.78 is 28.1. The Morgan fingerprint density at radius 3 is 2.15 bits per heavy atom. The second-order valence-electron chi connectivity index (χ2n) is 5.99. The minimum atomic E-state index is -3.45. The fourth-order valence-electron chi connectivity index (χ4n) is 2.86. The maximum absolute atomic E-state index is 12.6. The second kappa shape index (κ2) is 5.37. The van der Waals surface area contributed by atoms with Crippen LogP contribution in [0.2, 0.25) is 0 Å². The zero-order valence-electron chi connectivity index (χ0n) is 12.7. The molecule has 1 aliphatic carbocycles. The molecule has 0 radical (unpaired) electrons. The molecule has 2 rings (SSSR count). The molecule has 20 heavy (non-hydrogen) atoms. The molecule has 0 spiro atoms. The molecular weight excluding hydrogens is 272 g/mol. The van der Waals surface area contributed by atoms with E-state index < -0.39 is 10.0 Å². The molecule has 0 aliphatic heterocycles. The second-order valence-corrected chi connectivity index (χ2v) is 7.61. The van der Waals surface area contributed by atoms with Gasteiger partial charge in [-0.2, -0.15) is 0 Å². The molecule has 0 bridgehead atoms. The lowest BCUT2D eigenvalue weighted by Gasteiger charge is -2.38. The maximum atomic E-state index is 12.6. The third kappa shape index (κ3) is 2.99. The van der Waals surface area contributed by atoms with Crippen LogP contribution in [0.1, 0.15) is 44.2 Å². The van der Waals surface area contributed by atoms with Crippen molar-refractivity contribution in [2.45, 2.75) is 57.4 Å². The number of sulfonamides is 1. The normalized spacial score (nSPS) is 17.6. The van der Waals surface area contributed by atoms with Crippen LogP contribution in [-0.4, -0.2) is 20.5 Å². The first-order chi connectivity index (χ1) is 9.27. The van der Waals surface area contributed by atoms with Crippen LogP contribution in [0.3, 0.4) is 0 Å². The van der Waals surface area contributed by atoms with Gasteiger partial charge in [0.2, 0.25) is 10.0 Å². The Kier molecular flexibility index (Phi) is 4.12. The number of hydrogen-bond donors (Lipinski definition) is 2. The number of nitrogens with one attached hydrogen (secondary N) is 2. The van der Waals surface area contributed by atoms with E-state index in [0.29, 0.717) is 4.90 Å². The Balaban J connectivity index is 2.36. The van der Waals surface area contributed by atoms with Crippen molar-refractivity contribution in [3.05, 3.63) is 23.3 Å². The average Bonchev–Trinajstić information content (AvgIpc) is 2.25. The highest BCUT2D eigenvalue weighted by Gasteiger charge is 2.37. The fourth-order valence-corrected chi connectivity index (χ4v) is 4.79. The van der Waals surface area contributed by atoms with Crippen molar-refractivity contribution in [3.8, 4) is 0 Å². The number of hydrogen-bond acceptors (Lipinski definition) is 3. The smallest absolute Gasteiger partial charge is 0.241 e. The lowest BCUT2D eigenvalue weighted by molar-refractivity contribution is 0.248. The van der Waals surface area contributed by atoms with E-state index in [1.54, 1.807) is 0 Å². The molecule has 1 saturated carbocycles. The summed E-state index contributed by atoms with van der Waals surface area (Å²) >= 11 is 0. The van der Waals surface area contributed by atoms with Gasteiger partial charge in [-0.3, -0.25) is 0 Å². The number of benzene rings is 1. The van der Waals surface area contributed by atoms with Crippen LogP contribution in [0.15, 0.2) is 17.0 Å². The summed E-state index contributed by atoms with van der Waals surface area (Å²) in [7, 11) is -3.45. The maximum Gasteiger partial charge on any atom is 0.241 e. The van der Waals surface area contributed by atoms with Gasteiger partial charge in [0.05, 0.1) is 4.90 Å². The molecule has 0 saturated heterocycles. The van der Waals surface area contributed by atoms with Crippen molar-refractivity contribution < 1.29 is 8.42 Å². The van der Waals surface area contributed by atoms with Gasteiger partial charge >= 0.3 is 0 Å². The Labute approximate surface area is 122 Å². The Morgan fingerprint density at radius 1 is 1.20 bits per heavy atom. The number of aryl methyl sites for hydroxylation is 2. The van der Waals surface area contributed by atoms with Crippen LogP contribution in [0.5, 0.6) is 0 Å². The first-order valence-electron chi connectivity index (χ1n) is 7.16. The van der Waals surface area contributed by atoms with E-state index in [1.807, 2.05) is 39.8 Å². The van der Waals surface area contributed by atoms with Crippen LogP contribution in [0, 0.1) is 13.8 Å². The van der Waals surface area contributed by atoms with Crippen LogP contribution < -0.4 is 10.0 Å². The largest absolute Gasteiger partial charge is 0.385 e. The van der Waals surface area contributed by atoms with E-state index in [9.17, 15) is 8.42 Å². The summed E-state index contributed by atoms with van der Waals surface area (Å²) in [5, 5.41) is 3.22. The van der Waals surface area contributed by atoms with Gasteiger partial charge in [-0.25, -0.2) is 13.1 Å². The summed E-state index contributed by atoms with van der Waals surface area (Å²) in [6.07, 6.45) is 2.93. The monoisotopic (exact) mass is 296 g/mol. The molecule has 1 aliphatic rings. The summed E-state index contributed by atoms with van der Waals surface area (Å²) in [5.74, 6) is 0. The Bertz CT molecular complexity index is 581. The van der Waals surface area contributed by atoms with Crippen molar-refractivity contribution in [1.82, 2.24) is 4.72 Å². The van der Waals surface area contributed by atoms with Gasteiger partial charge < -0.3 is 5.32 Å². The van der Waals surface area contributed by atoms with E-state index in [-0.39, 0.29) is 5.54 Å². The molecule has 2 N–H and O–H groups in total. The van der Waals surface area contributed by atoms with Crippen LogP contribution in [-0.2, 0) is 10.0 Å². The number of rotatable bonds is 5. The summed E-state index contributed by atoms with van der Waals surface area (Å²) in [5.41, 5.74) is 2.28. The topological polar surface area (TPSA) is 58.2 Å².